The molecule has 1 aromatic heterocycles. The highest BCUT2D eigenvalue weighted by Gasteiger charge is 2.06. The number of halogens is 2. The van der Waals surface area contributed by atoms with Crippen molar-refractivity contribution in [3.63, 3.8) is 0 Å². The molecule has 1 N–H and O–H groups in total. The van der Waals surface area contributed by atoms with Gasteiger partial charge >= 0.3 is 0 Å². The highest BCUT2D eigenvalue weighted by Crippen LogP contribution is 2.33. The van der Waals surface area contributed by atoms with E-state index < -0.39 is 0 Å². The number of ether oxygens (including phenoxy) is 1. The van der Waals surface area contributed by atoms with Gasteiger partial charge in [-0.3, -0.25) is 0 Å². The largest absolute Gasteiger partial charge is 0.487 e. The van der Waals surface area contributed by atoms with E-state index in [9.17, 15) is 0 Å². The minimum absolute atomic E-state index is 0.411. The number of nitrogens with zero attached hydrogens (tertiary/aromatic N) is 1. The van der Waals surface area contributed by atoms with Crippen LogP contribution in [0, 0.1) is 0 Å². The van der Waals surface area contributed by atoms with Crippen molar-refractivity contribution in [3.05, 3.63) is 94.6 Å². The third-order valence-electron chi connectivity index (χ3n) is 4.13. The molecule has 3 aromatic carbocycles. The van der Waals surface area contributed by atoms with Crippen LogP contribution in [0.25, 0.3) is 10.9 Å². The third-order valence-corrected chi connectivity index (χ3v) is 4.76. The molecule has 0 saturated carbocycles. The molecule has 0 bridgehead atoms. The molecular formula is C22H16Cl2N2O. The van der Waals surface area contributed by atoms with Gasteiger partial charge in [-0.15, -0.1) is 0 Å². The zero-order valence-electron chi connectivity index (χ0n) is 14.3. The molecule has 0 aliphatic carbocycles. The van der Waals surface area contributed by atoms with Gasteiger partial charge in [0.25, 0.3) is 0 Å². The van der Waals surface area contributed by atoms with Gasteiger partial charge in [-0.25, -0.2) is 4.98 Å². The first-order valence-electron chi connectivity index (χ1n) is 8.47. The Balaban J connectivity index is 1.43. The molecule has 0 radical (unpaired) electrons. The SMILES string of the molecule is Clc1cccc(Cl)c1Nc1ccc(OCc2ccc3ccccc3n2)cc1. The summed E-state index contributed by atoms with van der Waals surface area (Å²) in [7, 11) is 0. The predicted molar refractivity (Wildman–Crippen MR) is 112 cm³/mol. The number of nitrogens with one attached hydrogen (secondary N) is 1. The topological polar surface area (TPSA) is 34.1 Å². The molecule has 4 aromatic rings. The van der Waals surface area contributed by atoms with Crippen LogP contribution in [0.5, 0.6) is 5.75 Å². The number of hydrogen-bond acceptors (Lipinski definition) is 3. The Bertz CT molecular complexity index is 1060. The number of fused-ring (bicyclic) bond motifs is 1. The quantitative estimate of drug-likeness (QED) is 0.401. The highest BCUT2D eigenvalue weighted by molar-refractivity contribution is 6.39. The first-order valence-corrected chi connectivity index (χ1v) is 9.23. The fraction of sp³-hybridized carbons (Fsp3) is 0.0455. The number of pyridine rings is 1. The molecule has 27 heavy (non-hydrogen) atoms. The van der Waals surface area contributed by atoms with E-state index in [-0.39, 0.29) is 0 Å². The number of para-hydroxylation sites is 2. The minimum atomic E-state index is 0.411. The van der Waals surface area contributed by atoms with Crippen molar-refractivity contribution < 1.29 is 4.74 Å². The summed E-state index contributed by atoms with van der Waals surface area (Å²) in [5.74, 6) is 0.765. The fourth-order valence-corrected chi connectivity index (χ4v) is 3.23. The molecule has 3 nitrogen and oxygen atoms in total. The second kappa shape index (κ2) is 7.87. The molecule has 134 valence electrons. The van der Waals surface area contributed by atoms with Gasteiger partial charge in [0.15, 0.2) is 0 Å². The van der Waals surface area contributed by atoms with Crippen LogP contribution in [0.2, 0.25) is 10.0 Å². The number of benzene rings is 3. The lowest BCUT2D eigenvalue weighted by Crippen LogP contribution is -1.98. The molecular weight excluding hydrogens is 379 g/mol. The Hall–Kier alpha value is -2.75. The van der Waals surface area contributed by atoms with Crippen molar-refractivity contribution in [2.45, 2.75) is 6.61 Å². The maximum atomic E-state index is 6.19. The van der Waals surface area contributed by atoms with E-state index in [0.29, 0.717) is 22.3 Å². The Labute approximate surface area is 167 Å². The van der Waals surface area contributed by atoms with Gasteiger partial charge in [0.05, 0.1) is 26.9 Å². The van der Waals surface area contributed by atoms with Crippen LogP contribution >= 0.6 is 23.2 Å². The third kappa shape index (κ3) is 4.16. The van der Waals surface area contributed by atoms with Gasteiger partial charge in [0.1, 0.15) is 12.4 Å². The molecule has 4 rings (SSSR count). The van der Waals surface area contributed by atoms with E-state index in [1.807, 2.05) is 60.7 Å². The summed E-state index contributed by atoms with van der Waals surface area (Å²) >= 11 is 12.4. The van der Waals surface area contributed by atoms with Gasteiger partial charge in [-0.05, 0) is 48.5 Å². The molecule has 0 aliphatic rings. The van der Waals surface area contributed by atoms with E-state index in [1.165, 1.54) is 0 Å². The smallest absolute Gasteiger partial charge is 0.130 e. The summed E-state index contributed by atoms with van der Waals surface area (Å²) < 4.78 is 5.85. The molecule has 0 aliphatic heterocycles. The van der Waals surface area contributed by atoms with Crippen LogP contribution in [0.1, 0.15) is 5.69 Å². The fourth-order valence-electron chi connectivity index (χ4n) is 2.74. The first-order chi connectivity index (χ1) is 13.2. The van der Waals surface area contributed by atoms with Gasteiger partial charge < -0.3 is 10.1 Å². The van der Waals surface area contributed by atoms with E-state index >= 15 is 0 Å². The lowest BCUT2D eigenvalue weighted by atomic mass is 10.2. The number of aromatic nitrogens is 1. The average molecular weight is 395 g/mol. The van der Waals surface area contributed by atoms with Crippen LogP contribution < -0.4 is 10.1 Å². The lowest BCUT2D eigenvalue weighted by molar-refractivity contribution is 0.302. The monoisotopic (exact) mass is 394 g/mol. The van der Waals surface area contributed by atoms with Crippen LogP contribution in [0.3, 0.4) is 0 Å². The Morgan fingerprint density at radius 1 is 0.778 bits per heavy atom. The molecule has 0 unspecified atom stereocenters. The molecule has 0 fully saturated rings. The van der Waals surface area contributed by atoms with E-state index in [4.69, 9.17) is 27.9 Å². The van der Waals surface area contributed by atoms with Gasteiger partial charge in [0.2, 0.25) is 0 Å². The van der Waals surface area contributed by atoms with E-state index in [0.717, 1.165) is 28.0 Å². The van der Waals surface area contributed by atoms with E-state index in [1.54, 1.807) is 12.1 Å². The molecule has 5 heteroatoms. The zero-order chi connectivity index (χ0) is 18.6. The molecule has 1 heterocycles. The van der Waals surface area contributed by atoms with Crippen molar-refractivity contribution in [1.82, 2.24) is 4.98 Å². The normalized spacial score (nSPS) is 10.7. The summed E-state index contributed by atoms with van der Waals surface area (Å²) in [6, 6.07) is 25.1. The second-order valence-corrected chi connectivity index (χ2v) is 6.84. The van der Waals surface area contributed by atoms with Gasteiger partial charge in [-0.1, -0.05) is 53.5 Å². The number of rotatable bonds is 5. The van der Waals surface area contributed by atoms with Crippen molar-refractivity contribution >= 4 is 45.5 Å². The summed E-state index contributed by atoms with van der Waals surface area (Å²) in [6.45, 7) is 0.411. The van der Waals surface area contributed by atoms with Gasteiger partial charge in [-0.2, -0.15) is 0 Å². The van der Waals surface area contributed by atoms with Gasteiger partial charge in [0, 0.05) is 11.1 Å². The Morgan fingerprint density at radius 2 is 1.52 bits per heavy atom. The second-order valence-electron chi connectivity index (χ2n) is 6.03. The maximum Gasteiger partial charge on any atom is 0.130 e. The van der Waals surface area contributed by atoms with Crippen LogP contribution in [-0.4, -0.2) is 4.98 Å². The molecule has 0 saturated heterocycles. The summed E-state index contributed by atoms with van der Waals surface area (Å²) in [6.07, 6.45) is 0. The standard InChI is InChI=1S/C22H16Cl2N2O/c23-19-5-3-6-20(24)22(19)26-16-10-12-18(13-11-16)27-14-17-9-8-15-4-1-2-7-21(15)25-17/h1-13,26H,14H2. The summed E-state index contributed by atoms with van der Waals surface area (Å²) in [5.41, 5.74) is 3.42. The Morgan fingerprint density at radius 3 is 2.30 bits per heavy atom. The predicted octanol–water partition coefficient (Wildman–Crippen LogP) is 6.86. The number of hydrogen-bond donors (Lipinski definition) is 1. The van der Waals surface area contributed by atoms with Crippen molar-refractivity contribution in [2.75, 3.05) is 5.32 Å². The zero-order valence-corrected chi connectivity index (χ0v) is 15.8. The highest BCUT2D eigenvalue weighted by atomic mass is 35.5. The molecule has 0 spiro atoms. The molecule has 0 atom stereocenters. The van der Waals surface area contributed by atoms with Crippen molar-refractivity contribution in [2.24, 2.45) is 0 Å². The van der Waals surface area contributed by atoms with Crippen LogP contribution in [-0.2, 0) is 6.61 Å². The molecule has 0 amide bonds. The minimum Gasteiger partial charge on any atom is -0.487 e. The summed E-state index contributed by atoms with van der Waals surface area (Å²) in [5, 5.41) is 5.50. The van der Waals surface area contributed by atoms with Crippen molar-refractivity contribution in [3.8, 4) is 5.75 Å². The van der Waals surface area contributed by atoms with Crippen LogP contribution in [0.4, 0.5) is 11.4 Å². The maximum absolute atomic E-state index is 6.19. The van der Waals surface area contributed by atoms with E-state index in [2.05, 4.69) is 16.4 Å². The Kier molecular flexibility index (Phi) is 5.14. The van der Waals surface area contributed by atoms with Crippen molar-refractivity contribution in [1.29, 1.82) is 0 Å². The average Bonchev–Trinajstić information content (AvgIpc) is 2.70. The summed E-state index contributed by atoms with van der Waals surface area (Å²) in [4.78, 5) is 4.62. The first kappa shape index (κ1) is 17.7. The van der Waals surface area contributed by atoms with Crippen LogP contribution in [0.15, 0.2) is 78.9 Å². The lowest BCUT2D eigenvalue weighted by Gasteiger charge is -2.11. The number of anilines is 2.